The van der Waals surface area contributed by atoms with Gasteiger partial charge in [0, 0.05) is 30.6 Å². The van der Waals surface area contributed by atoms with Crippen LogP contribution in [0.15, 0.2) is 28.7 Å². The van der Waals surface area contributed by atoms with Gasteiger partial charge in [-0.25, -0.2) is 0 Å². The Morgan fingerprint density at radius 2 is 1.94 bits per heavy atom. The van der Waals surface area contributed by atoms with E-state index >= 15 is 0 Å². The van der Waals surface area contributed by atoms with Crippen LogP contribution in [-0.4, -0.2) is 55.3 Å². The quantitative estimate of drug-likeness (QED) is 0.572. The van der Waals surface area contributed by atoms with E-state index in [0.29, 0.717) is 16.7 Å². The van der Waals surface area contributed by atoms with E-state index in [1.807, 2.05) is 0 Å². The number of nitrogens with zero attached hydrogens (tertiary/aromatic N) is 3. The van der Waals surface area contributed by atoms with Gasteiger partial charge in [-0.05, 0) is 55.4 Å². The molecule has 1 spiro atoms. The number of ether oxygens (including phenoxy) is 2. The second-order valence-corrected chi connectivity index (χ2v) is 9.10. The van der Waals surface area contributed by atoms with Crippen LogP contribution in [0.1, 0.15) is 37.5 Å². The number of aromatic nitrogens is 2. The van der Waals surface area contributed by atoms with E-state index in [1.54, 1.807) is 31.3 Å². The third-order valence-electron chi connectivity index (χ3n) is 6.06. The highest BCUT2D eigenvalue weighted by atomic mass is 35.5. The van der Waals surface area contributed by atoms with Crippen molar-refractivity contribution in [1.82, 2.24) is 15.5 Å². The number of likely N-dealkylation sites (N-methyl/N-ethyl adjacent to an activating group) is 1. The maximum atomic E-state index is 12.1. The lowest BCUT2D eigenvalue weighted by Crippen LogP contribution is -2.56. The molecule has 1 aromatic heterocycles. The topological polar surface area (TPSA) is 89.7 Å². The van der Waals surface area contributed by atoms with Gasteiger partial charge in [0.15, 0.2) is 6.61 Å². The van der Waals surface area contributed by atoms with Crippen molar-refractivity contribution in [3.63, 3.8) is 0 Å². The third kappa shape index (κ3) is 6.08. The first kappa shape index (κ1) is 23.6. The van der Waals surface area contributed by atoms with Crippen LogP contribution in [0.3, 0.4) is 0 Å². The molecule has 12 heteroatoms. The largest absolute Gasteiger partial charge is 0.522 e. The van der Waals surface area contributed by atoms with E-state index in [-0.39, 0.29) is 42.4 Å². The Bertz CT molecular complexity index is 955. The average Bonchev–Trinajstić information content (AvgIpc) is 3.17. The molecular formula is C21H24ClF3N4O4. The number of amides is 1. The van der Waals surface area contributed by atoms with E-state index < -0.39 is 13.0 Å². The summed E-state index contributed by atoms with van der Waals surface area (Å²) in [7, 11) is 1.56. The molecule has 0 unspecified atom stereocenters. The Labute approximate surface area is 193 Å². The minimum atomic E-state index is -4.66. The fraction of sp³-hybridized carbons (Fsp3) is 0.571. The molecule has 2 aliphatic carbocycles. The van der Waals surface area contributed by atoms with Crippen LogP contribution in [0, 0.1) is 5.41 Å². The highest BCUT2D eigenvalue weighted by Crippen LogP contribution is 2.61. The lowest BCUT2D eigenvalue weighted by atomic mass is 9.50. The highest BCUT2D eigenvalue weighted by Gasteiger charge is 2.54. The molecule has 0 saturated heterocycles. The number of anilines is 1. The highest BCUT2D eigenvalue weighted by molar-refractivity contribution is 6.30. The number of rotatable bonds is 9. The summed E-state index contributed by atoms with van der Waals surface area (Å²) in [5.74, 6) is 1.03. The predicted octanol–water partition coefficient (Wildman–Crippen LogP) is 3.92. The number of hydrogen-bond donors (Lipinski definition) is 1. The number of halogens is 4. The Hall–Kier alpha value is -2.53. The van der Waals surface area contributed by atoms with Crippen LogP contribution in [0.5, 0.6) is 5.75 Å². The van der Waals surface area contributed by atoms with E-state index in [4.69, 9.17) is 20.8 Å². The van der Waals surface area contributed by atoms with Crippen molar-refractivity contribution in [1.29, 1.82) is 0 Å². The number of nitrogens with one attached hydrogen (secondary N) is 1. The fourth-order valence-corrected chi connectivity index (χ4v) is 4.60. The molecule has 0 aliphatic heterocycles. The van der Waals surface area contributed by atoms with E-state index in [9.17, 15) is 18.0 Å². The van der Waals surface area contributed by atoms with Crippen LogP contribution < -0.4 is 15.0 Å². The first-order valence-electron chi connectivity index (χ1n) is 10.5. The molecule has 33 heavy (non-hydrogen) atoms. The molecule has 0 atom stereocenters. The van der Waals surface area contributed by atoms with Crippen LogP contribution in [0.2, 0.25) is 5.02 Å². The summed E-state index contributed by atoms with van der Waals surface area (Å²) in [6.07, 6.45) is -1.14. The molecule has 1 heterocycles. The van der Waals surface area contributed by atoms with Crippen molar-refractivity contribution in [2.75, 3.05) is 31.7 Å². The lowest BCUT2D eigenvalue weighted by Gasteiger charge is -2.56. The first-order valence-corrected chi connectivity index (χ1v) is 10.9. The zero-order valence-corrected chi connectivity index (χ0v) is 18.7. The van der Waals surface area contributed by atoms with Gasteiger partial charge in [-0.15, -0.1) is 18.3 Å². The number of carbonyl (C=O) groups excluding carboxylic acids is 1. The van der Waals surface area contributed by atoms with Crippen molar-refractivity contribution in [3.05, 3.63) is 35.2 Å². The Kier molecular flexibility index (Phi) is 6.71. The van der Waals surface area contributed by atoms with Crippen molar-refractivity contribution >= 4 is 23.5 Å². The van der Waals surface area contributed by atoms with Crippen LogP contribution in [0.4, 0.5) is 19.2 Å². The molecule has 8 nitrogen and oxygen atoms in total. The van der Waals surface area contributed by atoms with Crippen LogP contribution in [-0.2, 0) is 9.53 Å². The molecule has 4 rings (SSSR count). The van der Waals surface area contributed by atoms with Crippen molar-refractivity contribution < 1.29 is 31.9 Å². The van der Waals surface area contributed by atoms with E-state index in [2.05, 4.69) is 20.3 Å². The molecule has 1 N–H and O–H groups in total. The summed E-state index contributed by atoms with van der Waals surface area (Å²) < 4.78 is 51.1. The summed E-state index contributed by atoms with van der Waals surface area (Å²) in [6.45, 7) is -0.610. The van der Waals surface area contributed by atoms with Crippen LogP contribution >= 0.6 is 11.6 Å². The average molecular weight is 489 g/mol. The second kappa shape index (κ2) is 9.38. The summed E-state index contributed by atoms with van der Waals surface area (Å²) in [4.78, 5) is 13.5. The standard InChI is InChI=1S/C21H24ClF3N4O4/c1-29(6-7-32-21(23,24)25)19-28-27-18(33-19)13-8-20(9-13)10-15(11-20)26-17(30)12-31-16-4-2-14(22)3-5-16/h2-5,13,15H,6-12H2,1H3,(H,26,30). The van der Waals surface area contributed by atoms with Crippen molar-refractivity contribution in [3.8, 4) is 5.75 Å². The summed E-state index contributed by atoms with van der Waals surface area (Å²) >= 11 is 5.82. The van der Waals surface area contributed by atoms with Gasteiger partial charge in [-0.3, -0.25) is 9.53 Å². The van der Waals surface area contributed by atoms with Gasteiger partial charge in [0.1, 0.15) is 5.75 Å². The van der Waals surface area contributed by atoms with Crippen molar-refractivity contribution in [2.24, 2.45) is 5.41 Å². The second-order valence-electron chi connectivity index (χ2n) is 8.66. The lowest BCUT2D eigenvalue weighted by molar-refractivity contribution is -0.323. The van der Waals surface area contributed by atoms with Gasteiger partial charge in [-0.1, -0.05) is 16.7 Å². The maximum absolute atomic E-state index is 12.1. The maximum Gasteiger partial charge on any atom is 0.522 e. The Morgan fingerprint density at radius 3 is 2.61 bits per heavy atom. The third-order valence-corrected chi connectivity index (χ3v) is 6.32. The number of hydrogen-bond acceptors (Lipinski definition) is 7. The zero-order chi connectivity index (χ0) is 23.6. The number of carbonyl (C=O) groups is 1. The number of alkyl halides is 3. The molecule has 2 aromatic rings. The van der Waals surface area contributed by atoms with Gasteiger partial charge in [-0.2, -0.15) is 0 Å². The minimum Gasteiger partial charge on any atom is -0.484 e. The number of benzene rings is 1. The van der Waals surface area contributed by atoms with Gasteiger partial charge >= 0.3 is 12.4 Å². The molecule has 180 valence electrons. The Morgan fingerprint density at radius 1 is 1.24 bits per heavy atom. The summed E-state index contributed by atoms with van der Waals surface area (Å²) in [5.41, 5.74) is 0.167. The Balaban J connectivity index is 1.15. The zero-order valence-electron chi connectivity index (χ0n) is 17.9. The monoisotopic (exact) mass is 488 g/mol. The molecule has 1 aromatic carbocycles. The van der Waals surface area contributed by atoms with Gasteiger partial charge in [0.2, 0.25) is 5.89 Å². The fourth-order valence-electron chi connectivity index (χ4n) is 4.47. The molecule has 2 saturated carbocycles. The van der Waals surface area contributed by atoms with Gasteiger partial charge < -0.3 is 19.4 Å². The molecule has 2 fully saturated rings. The summed E-state index contributed by atoms with van der Waals surface area (Å²) in [6, 6.07) is 7.09. The van der Waals surface area contributed by atoms with Gasteiger partial charge in [0.25, 0.3) is 5.91 Å². The normalized spacial score (nSPS) is 24.2. The molecule has 1 amide bonds. The summed E-state index contributed by atoms with van der Waals surface area (Å²) in [5, 5.41) is 11.6. The first-order chi connectivity index (χ1) is 15.6. The van der Waals surface area contributed by atoms with Crippen LogP contribution in [0.25, 0.3) is 0 Å². The van der Waals surface area contributed by atoms with E-state index in [1.165, 1.54) is 4.90 Å². The molecule has 0 bridgehead atoms. The van der Waals surface area contributed by atoms with Crippen molar-refractivity contribution in [2.45, 2.75) is 44.0 Å². The van der Waals surface area contributed by atoms with Gasteiger partial charge in [0.05, 0.1) is 6.61 Å². The molecule has 2 aliphatic rings. The molecular weight excluding hydrogens is 465 g/mol. The smallest absolute Gasteiger partial charge is 0.484 e. The van der Waals surface area contributed by atoms with E-state index in [0.717, 1.165) is 25.7 Å². The predicted molar refractivity (Wildman–Crippen MR) is 112 cm³/mol. The minimum absolute atomic E-state index is 0.0289. The SMILES string of the molecule is CN(CCOC(F)(F)F)c1nnc(C2CC3(CC(NC(=O)COc4ccc(Cl)cc4)C3)C2)o1. The molecule has 0 radical (unpaired) electrons.